The fraction of sp³-hybridized carbons (Fsp3) is 0.500. The number of nitrogens with one attached hydrogen (secondary N) is 1. The zero-order chi connectivity index (χ0) is 11.3. The molecule has 0 radical (unpaired) electrons. The molecule has 0 aliphatic heterocycles. The van der Waals surface area contributed by atoms with Gasteiger partial charge >= 0.3 is 0 Å². The molecule has 1 heterocycles. The Hall–Kier alpha value is -0.390. The molecule has 0 aromatic carbocycles. The molecule has 1 aromatic heterocycles. The summed E-state index contributed by atoms with van der Waals surface area (Å²) in [5, 5.41) is 4.84. The Balaban J connectivity index is 2.31. The first kappa shape index (κ1) is 12.7. The van der Waals surface area contributed by atoms with E-state index >= 15 is 0 Å². The number of thiophene rings is 1. The molecule has 0 aliphatic rings. The smallest absolute Gasteiger partial charge is 0.221 e. The van der Waals surface area contributed by atoms with Crippen molar-refractivity contribution in [1.82, 2.24) is 5.32 Å². The summed E-state index contributed by atoms with van der Waals surface area (Å²) in [6.07, 6.45) is 1.23. The first-order chi connectivity index (χ1) is 7.13. The lowest BCUT2D eigenvalue weighted by Gasteiger charge is -2.08. The van der Waals surface area contributed by atoms with Crippen molar-refractivity contribution in [3.05, 3.63) is 20.8 Å². The first-order valence-electron chi connectivity index (χ1n) is 4.87. The van der Waals surface area contributed by atoms with E-state index in [1.165, 1.54) is 0 Å². The van der Waals surface area contributed by atoms with Crippen LogP contribution in [0.25, 0.3) is 0 Å². The number of rotatable bonds is 5. The van der Waals surface area contributed by atoms with Gasteiger partial charge in [-0.25, -0.2) is 0 Å². The molecule has 0 aliphatic carbocycles. The average molecular weight is 291 g/mol. The summed E-state index contributed by atoms with van der Waals surface area (Å²) in [6, 6.07) is 1.95. The van der Waals surface area contributed by atoms with Gasteiger partial charge in [0.25, 0.3) is 0 Å². The lowest BCUT2D eigenvalue weighted by molar-refractivity contribution is -0.121. The summed E-state index contributed by atoms with van der Waals surface area (Å²) in [4.78, 5) is 12.5. The molecule has 3 N–H and O–H groups in total. The van der Waals surface area contributed by atoms with Crippen LogP contribution in [0.1, 0.15) is 24.6 Å². The number of hydrogen-bond donors (Lipinski definition) is 2. The topological polar surface area (TPSA) is 55.1 Å². The molecule has 1 rings (SSSR count). The molecule has 0 saturated carbocycles. The van der Waals surface area contributed by atoms with E-state index < -0.39 is 0 Å². The number of carbonyl (C=O) groups excluding carboxylic acids is 1. The van der Waals surface area contributed by atoms with Crippen LogP contribution in [0.15, 0.2) is 15.9 Å². The summed E-state index contributed by atoms with van der Waals surface area (Å²) >= 11 is 5.04. The molecule has 0 fully saturated rings. The molecule has 84 valence electrons. The van der Waals surface area contributed by atoms with Crippen molar-refractivity contribution >= 4 is 33.2 Å². The van der Waals surface area contributed by atoms with Gasteiger partial charge in [-0.2, -0.15) is 0 Å². The van der Waals surface area contributed by atoms with Gasteiger partial charge in [0.2, 0.25) is 5.91 Å². The first-order valence-corrected chi connectivity index (χ1v) is 6.55. The van der Waals surface area contributed by atoms with Crippen LogP contribution < -0.4 is 11.1 Å². The monoisotopic (exact) mass is 290 g/mol. The maximum Gasteiger partial charge on any atom is 0.221 e. The molecule has 0 saturated heterocycles. The second-order valence-corrected chi connectivity index (χ2v) is 5.20. The van der Waals surface area contributed by atoms with E-state index in [1.807, 2.05) is 18.4 Å². The van der Waals surface area contributed by atoms with E-state index in [-0.39, 0.29) is 11.9 Å². The van der Waals surface area contributed by atoms with Crippen molar-refractivity contribution < 1.29 is 4.79 Å². The van der Waals surface area contributed by atoms with Crippen molar-refractivity contribution in [2.45, 2.75) is 32.4 Å². The molecule has 0 bridgehead atoms. The Morgan fingerprint density at radius 3 is 3.00 bits per heavy atom. The van der Waals surface area contributed by atoms with E-state index in [0.717, 1.165) is 15.8 Å². The van der Waals surface area contributed by atoms with E-state index in [4.69, 9.17) is 5.73 Å². The minimum absolute atomic E-state index is 0.0182. The fourth-order valence-corrected chi connectivity index (χ4v) is 2.52. The summed E-state index contributed by atoms with van der Waals surface area (Å²) < 4.78 is 1.05. The maximum atomic E-state index is 11.4. The molecule has 3 nitrogen and oxygen atoms in total. The van der Waals surface area contributed by atoms with Crippen molar-refractivity contribution in [3.8, 4) is 0 Å². The van der Waals surface area contributed by atoms with E-state index in [2.05, 4.69) is 21.2 Å². The van der Waals surface area contributed by atoms with Crippen LogP contribution in [0, 0.1) is 0 Å². The molecule has 1 atom stereocenters. The number of carbonyl (C=O) groups is 1. The van der Waals surface area contributed by atoms with Gasteiger partial charge in [0.15, 0.2) is 0 Å². The number of amides is 1. The number of hydrogen-bond acceptors (Lipinski definition) is 3. The maximum absolute atomic E-state index is 11.4. The zero-order valence-electron chi connectivity index (χ0n) is 8.63. The molecular formula is C10H15BrN2OS. The highest BCUT2D eigenvalue weighted by Gasteiger charge is 2.08. The molecule has 0 spiro atoms. The second-order valence-electron chi connectivity index (χ2n) is 3.34. The second kappa shape index (κ2) is 6.25. The zero-order valence-corrected chi connectivity index (χ0v) is 11.0. The Bertz CT molecular complexity index is 327. The fourth-order valence-electron chi connectivity index (χ4n) is 1.08. The van der Waals surface area contributed by atoms with Gasteiger partial charge in [-0.3, -0.25) is 4.79 Å². The Kier molecular flexibility index (Phi) is 5.28. The Morgan fingerprint density at radius 2 is 2.47 bits per heavy atom. The predicted molar refractivity (Wildman–Crippen MR) is 66.7 cm³/mol. The molecule has 1 aromatic rings. The van der Waals surface area contributed by atoms with Crippen molar-refractivity contribution in [1.29, 1.82) is 0 Å². The average Bonchev–Trinajstić information content (AvgIpc) is 2.61. The molecule has 15 heavy (non-hydrogen) atoms. The lowest BCUT2D eigenvalue weighted by atomic mass is 10.1. The Morgan fingerprint density at radius 1 is 1.73 bits per heavy atom. The number of halogens is 1. The third-order valence-electron chi connectivity index (χ3n) is 2.11. The minimum Gasteiger partial charge on any atom is -0.351 e. The van der Waals surface area contributed by atoms with E-state index in [0.29, 0.717) is 13.0 Å². The molecular weight excluding hydrogens is 276 g/mol. The standard InChI is InChI=1S/C10H15BrN2OS/c1-2-7(12)5-10(14)13-6-9-8(11)3-4-15-9/h3-4,7H,2,5-6,12H2,1H3,(H,13,14). The lowest BCUT2D eigenvalue weighted by Crippen LogP contribution is -2.30. The van der Waals surface area contributed by atoms with E-state index in [1.54, 1.807) is 11.3 Å². The van der Waals surface area contributed by atoms with Gasteiger partial charge in [0.1, 0.15) is 0 Å². The number of nitrogens with two attached hydrogens (primary N) is 1. The highest BCUT2D eigenvalue weighted by Crippen LogP contribution is 2.22. The van der Waals surface area contributed by atoms with Crippen molar-refractivity contribution in [3.63, 3.8) is 0 Å². The van der Waals surface area contributed by atoms with Gasteiger partial charge in [0.05, 0.1) is 6.54 Å². The van der Waals surface area contributed by atoms with Crippen molar-refractivity contribution in [2.75, 3.05) is 0 Å². The third-order valence-corrected chi connectivity index (χ3v) is 4.04. The summed E-state index contributed by atoms with van der Waals surface area (Å²) in [6.45, 7) is 2.56. The molecule has 1 unspecified atom stereocenters. The van der Waals surface area contributed by atoms with Crippen LogP contribution in [-0.2, 0) is 11.3 Å². The normalized spacial score (nSPS) is 12.5. The quantitative estimate of drug-likeness (QED) is 0.874. The van der Waals surface area contributed by atoms with Crippen LogP contribution >= 0.6 is 27.3 Å². The SMILES string of the molecule is CCC(N)CC(=O)NCc1sccc1Br. The van der Waals surface area contributed by atoms with Gasteiger partial charge in [-0.1, -0.05) is 6.92 Å². The summed E-state index contributed by atoms with van der Waals surface area (Å²) in [7, 11) is 0. The van der Waals surface area contributed by atoms with Gasteiger partial charge < -0.3 is 11.1 Å². The Labute approximate surface area is 102 Å². The third kappa shape index (κ3) is 4.32. The summed E-state index contributed by atoms with van der Waals surface area (Å²) in [5.41, 5.74) is 5.69. The highest BCUT2D eigenvalue weighted by atomic mass is 79.9. The largest absolute Gasteiger partial charge is 0.351 e. The predicted octanol–water partition coefficient (Wildman–Crippen LogP) is 2.25. The van der Waals surface area contributed by atoms with Crippen LogP contribution in [-0.4, -0.2) is 11.9 Å². The molecule has 5 heteroatoms. The van der Waals surface area contributed by atoms with Gasteiger partial charge in [-0.15, -0.1) is 11.3 Å². The van der Waals surface area contributed by atoms with Crippen LogP contribution in [0.4, 0.5) is 0 Å². The molecule has 1 amide bonds. The highest BCUT2D eigenvalue weighted by molar-refractivity contribution is 9.10. The minimum atomic E-state index is -0.0308. The van der Waals surface area contributed by atoms with Crippen LogP contribution in [0.5, 0.6) is 0 Å². The van der Waals surface area contributed by atoms with Crippen LogP contribution in [0.2, 0.25) is 0 Å². The summed E-state index contributed by atoms with van der Waals surface area (Å²) in [5.74, 6) is 0.0182. The van der Waals surface area contributed by atoms with Crippen molar-refractivity contribution in [2.24, 2.45) is 5.73 Å². The van der Waals surface area contributed by atoms with Crippen LogP contribution in [0.3, 0.4) is 0 Å². The van der Waals surface area contributed by atoms with E-state index in [9.17, 15) is 4.79 Å². The van der Waals surface area contributed by atoms with Gasteiger partial charge in [-0.05, 0) is 33.8 Å². The van der Waals surface area contributed by atoms with Gasteiger partial charge in [0, 0.05) is 21.8 Å².